The molecule has 0 bridgehead atoms. The van der Waals surface area contributed by atoms with Gasteiger partial charge in [0, 0.05) is 18.5 Å². The molecule has 1 aliphatic heterocycles. The normalized spacial score (nSPS) is 26.5. The van der Waals surface area contributed by atoms with Crippen molar-refractivity contribution in [1.29, 1.82) is 0 Å². The molecule has 2 N–H and O–H groups in total. The van der Waals surface area contributed by atoms with E-state index in [9.17, 15) is 0 Å². The second kappa shape index (κ2) is 4.80. The Morgan fingerprint density at radius 1 is 1.73 bits per heavy atom. The van der Waals surface area contributed by atoms with E-state index in [1.54, 1.807) is 11.3 Å². The van der Waals surface area contributed by atoms with Gasteiger partial charge in [0.2, 0.25) is 0 Å². The van der Waals surface area contributed by atoms with Gasteiger partial charge in [-0.2, -0.15) is 0 Å². The minimum Gasteiger partial charge on any atom is -0.361 e. The number of anilines is 1. The molecule has 1 fully saturated rings. The Bertz CT molecular complexity index is 320. The van der Waals surface area contributed by atoms with Crippen molar-refractivity contribution in [3.63, 3.8) is 0 Å². The van der Waals surface area contributed by atoms with Crippen LogP contribution in [0.3, 0.4) is 0 Å². The van der Waals surface area contributed by atoms with Gasteiger partial charge in [0.25, 0.3) is 0 Å². The third kappa shape index (κ3) is 3.16. The highest BCUT2D eigenvalue weighted by Gasteiger charge is 2.26. The first-order valence-corrected chi connectivity index (χ1v) is 6.91. The molecule has 0 radical (unpaired) electrons. The summed E-state index contributed by atoms with van der Waals surface area (Å²) in [6.45, 7) is 5.60. The molecule has 0 spiro atoms. The molecule has 1 atom stereocenters. The number of aromatic nitrogens is 1. The number of piperidine rings is 1. The quantitative estimate of drug-likeness (QED) is 0.898. The van der Waals surface area contributed by atoms with Gasteiger partial charge in [-0.05, 0) is 40.7 Å². The van der Waals surface area contributed by atoms with E-state index in [4.69, 9.17) is 0 Å². The summed E-state index contributed by atoms with van der Waals surface area (Å²) >= 11 is 5.01. The summed E-state index contributed by atoms with van der Waals surface area (Å²) < 4.78 is 0.918. The molecule has 3 nitrogen and oxygen atoms in total. The SMILES string of the molecule is CC1(CNc2nc(Br)cs2)CCCNC1. The van der Waals surface area contributed by atoms with Gasteiger partial charge < -0.3 is 10.6 Å². The zero-order valence-electron chi connectivity index (χ0n) is 8.85. The molecule has 1 saturated heterocycles. The number of nitrogens with one attached hydrogen (secondary N) is 2. The molecule has 0 amide bonds. The predicted molar refractivity (Wildman–Crippen MR) is 68.5 cm³/mol. The van der Waals surface area contributed by atoms with Crippen LogP contribution in [0.25, 0.3) is 0 Å². The van der Waals surface area contributed by atoms with Crippen LogP contribution in [0.4, 0.5) is 5.13 Å². The number of halogens is 1. The van der Waals surface area contributed by atoms with E-state index >= 15 is 0 Å². The minimum atomic E-state index is 0.371. The second-order valence-electron chi connectivity index (χ2n) is 4.42. The lowest BCUT2D eigenvalue weighted by Gasteiger charge is -2.34. The number of rotatable bonds is 3. The summed E-state index contributed by atoms with van der Waals surface area (Å²) in [7, 11) is 0. The average Bonchev–Trinajstić information content (AvgIpc) is 2.63. The molecule has 0 saturated carbocycles. The van der Waals surface area contributed by atoms with Crippen molar-refractivity contribution < 1.29 is 0 Å². The number of hydrogen-bond acceptors (Lipinski definition) is 4. The number of thiazole rings is 1. The Balaban J connectivity index is 1.86. The van der Waals surface area contributed by atoms with E-state index < -0.39 is 0 Å². The molecular formula is C10H16BrN3S. The van der Waals surface area contributed by atoms with E-state index in [1.807, 2.05) is 5.38 Å². The van der Waals surface area contributed by atoms with Crippen LogP contribution in [0.2, 0.25) is 0 Å². The Labute approximate surface area is 103 Å². The monoisotopic (exact) mass is 289 g/mol. The lowest BCUT2D eigenvalue weighted by Crippen LogP contribution is -2.42. The topological polar surface area (TPSA) is 37.0 Å². The Morgan fingerprint density at radius 2 is 2.60 bits per heavy atom. The van der Waals surface area contributed by atoms with Crippen LogP contribution in [-0.4, -0.2) is 24.6 Å². The van der Waals surface area contributed by atoms with Gasteiger partial charge in [0.05, 0.1) is 0 Å². The van der Waals surface area contributed by atoms with Gasteiger partial charge in [0.15, 0.2) is 5.13 Å². The van der Waals surface area contributed by atoms with Crippen molar-refractivity contribution in [3.8, 4) is 0 Å². The van der Waals surface area contributed by atoms with Crippen molar-refractivity contribution in [2.24, 2.45) is 5.41 Å². The van der Waals surface area contributed by atoms with Crippen LogP contribution >= 0.6 is 27.3 Å². The van der Waals surface area contributed by atoms with Gasteiger partial charge in [-0.3, -0.25) is 0 Å². The molecule has 1 aliphatic rings. The summed E-state index contributed by atoms with van der Waals surface area (Å²) in [6.07, 6.45) is 2.57. The second-order valence-corrected chi connectivity index (χ2v) is 6.09. The van der Waals surface area contributed by atoms with Crippen molar-refractivity contribution >= 4 is 32.4 Å². The average molecular weight is 290 g/mol. The van der Waals surface area contributed by atoms with Crippen molar-refractivity contribution in [2.75, 3.05) is 25.0 Å². The van der Waals surface area contributed by atoms with Gasteiger partial charge in [-0.25, -0.2) is 4.98 Å². The maximum absolute atomic E-state index is 4.33. The van der Waals surface area contributed by atoms with Crippen molar-refractivity contribution in [1.82, 2.24) is 10.3 Å². The maximum atomic E-state index is 4.33. The van der Waals surface area contributed by atoms with Crippen LogP contribution in [0.5, 0.6) is 0 Å². The molecule has 1 aromatic heterocycles. The third-order valence-corrected chi connectivity index (χ3v) is 4.34. The van der Waals surface area contributed by atoms with Gasteiger partial charge >= 0.3 is 0 Å². The third-order valence-electron chi connectivity index (χ3n) is 2.83. The van der Waals surface area contributed by atoms with E-state index in [1.165, 1.54) is 19.4 Å². The minimum absolute atomic E-state index is 0.371. The molecule has 0 aromatic carbocycles. The van der Waals surface area contributed by atoms with Crippen molar-refractivity contribution in [3.05, 3.63) is 9.98 Å². The summed E-state index contributed by atoms with van der Waals surface area (Å²) in [6, 6.07) is 0. The zero-order chi connectivity index (χ0) is 10.7. The summed E-state index contributed by atoms with van der Waals surface area (Å²) in [5.74, 6) is 0. The smallest absolute Gasteiger partial charge is 0.183 e. The van der Waals surface area contributed by atoms with E-state index in [0.29, 0.717) is 5.41 Å². The molecule has 1 unspecified atom stereocenters. The van der Waals surface area contributed by atoms with Crippen molar-refractivity contribution in [2.45, 2.75) is 19.8 Å². The first kappa shape index (κ1) is 11.4. The lowest BCUT2D eigenvalue weighted by atomic mass is 9.83. The fourth-order valence-corrected chi connectivity index (χ4v) is 3.04. The molecule has 5 heteroatoms. The lowest BCUT2D eigenvalue weighted by molar-refractivity contribution is 0.253. The van der Waals surface area contributed by atoms with E-state index in [2.05, 4.69) is 38.5 Å². The summed E-state index contributed by atoms with van der Waals surface area (Å²) in [4.78, 5) is 4.33. The van der Waals surface area contributed by atoms with Gasteiger partial charge in [0.1, 0.15) is 4.60 Å². The van der Waals surface area contributed by atoms with Gasteiger partial charge in [-0.15, -0.1) is 11.3 Å². The summed E-state index contributed by atoms with van der Waals surface area (Å²) in [5, 5.41) is 9.88. The highest BCUT2D eigenvalue weighted by atomic mass is 79.9. The fraction of sp³-hybridized carbons (Fsp3) is 0.700. The Kier molecular flexibility index (Phi) is 3.64. The van der Waals surface area contributed by atoms with Crippen LogP contribution in [-0.2, 0) is 0 Å². The summed E-state index contributed by atoms with van der Waals surface area (Å²) in [5.41, 5.74) is 0.371. The molecule has 84 valence electrons. The molecule has 2 rings (SSSR count). The fourth-order valence-electron chi connectivity index (χ4n) is 1.89. The Morgan fingerprint density at radius 3 is 3.20 bits per heavy atom. The zero-order valence-corrected chi connectivity index (χ0v) is 11.2. The molecular weight excluding hydrogens is 274 g/mol. The first-order valence-electron chi connectivity index (χ1n) is 5.24. The highest BCUT2D eigenvalue weighted by Crippen LogP contribution is 2.27. The number of nitrogens with zero attached hydrogens (tertiary/aromatic N) is 1. The van der Waals surface area contributed by atoms with Crippen LogP contribution in [0.1, 0.15) is 19.8 Å². The van der Waals surface area contributed by atoms with Crippen LogP contribution in [0.15, 0.2) is 9.98 Å². The maximum Gasteiger partial charge on any atom is 0.183 e. The number of hydrogen-bond donors (Lipinski definition) is 2. The van der Waals surface area contributed by atoms with Crippen LogP contribution < -0.4 is 10.6 Å². The highest BCUT2D eigenvalue weighted by molar-refractivity contribution is 9.10. The predicted octanol–water partition coefficient (Wildman–Crippen LogP) is 2.71. The standard InChI is InChI=1S/C10H16BrN3S/c1-10(3-2-4-12-6-10)7-13-9-14-8(11)5-15-9/h5,12H,2-4,6-7H2,1H3,(H,13,14). The Hall–Kier alpha value is -0.130. The first-order chi connectivity index (χ1) is 7.18. The van der Waals surface area contributed by atoms with E-state index in [-0.39, 0.29) is 0 Å². The van der Waals surface area contributed by atoms with E-state index in [0.717, 1.165) is 22.8 Å². The molecule has 2 heterocycles. The largest absolute Gasteiger partial charge is 0.361 e. The molecule has 0 aliphatic carbocycles. The van der Waals surface area contributed by atoms with Crippen LogP contribution in [0, 0.1) is 5.41 Å². The van der Waals surface area contributed by atoms with Gasteiger partial charge in [-0.1, -0.05) is 6.92 Å². The molecule has 1 aromatic rings. The molecule has 15 heavy (non-hydrogen) atoms.